The number of aryl methyl sites for hydroxylation is 2. The average Bonchev–Trinajstić information content (AvgIpc) is 2.84. The predicted molar refractivity (Wildman–Crippen MR) is 73.7 cm³/mol. The molecule has 0 amide bonds. The molecular formula is C11H9ClN4S2. The molecule has 7 heteroatoms. The van der Waals surface area contributed by atoms with Gasteiger partial charge < -0.3 is 0 Å². The Morgan fingerprint density at radius 1 is 1.22 bits per heavy atom. The molecule has 0 aliphatic heterocycles. The van der Waals surface area contributed by atoms with Gasteiger partial charge in [-0.2, -0.15) is 5.10 Å². The minimum absolute atomic E-state index is 0.471. The van der Waals surface area contributed by atoms with Gasteiger partial charge in [0, 0.05) is 23.2 Å². The topological polar surface area (TPSA) is 43.1 Å². The lowest BCUT2D eigenvalue weighted by atomic mass is 10.5. The van der Waals surface area contributed by atoms with Crippen molar-refractivity contribution in [2.75, 3.05) is 0 Å². The van der Waals surface area contributed by atoms with Crippen LogP contribution in [-0.4, -0.2) is 19.6 Å². The Morgan fingerprint density at radius 3 is 2.78 bits per heavy atom. The summed E-state index contributed by atoms with van der Waals surface area (Å²) in [6.07, 6.45) is 0. The second kappa shape index (κ2) is 4.53. The van der Waals surface area contributed by atoms with Crippen molar-refractivity contribution in [2.24, 2.45) is 0 Å². The third kappa shape index (κ3) is 2.23. The van der Waals surface area contributed by atoms with Gasteiger partial charge in [-0.05, 0) is 25.6 Å². The quantitative estimate of drug-likeness (QED) is 0.678. The summed E-state index contributed by atoms with van der Waals surface area (Å²) in [5.41, 5.74) is 2.70. The van der Waals surface area contributed by atoms with Gasteiger partial charge in [-0.25, -0.2) is 14.5 Å². The van der Waals surface area contributed by atoms with Gasteiger partial charge in [0.1, 0.15) is 10.2 Å². The Hall–Kier alpha value is -1.11. The van der Waals surface area contributed by atoms with E-state index in [2.05, 4.69) is 15.1 Å². The van der Waals surface area contributed by atoms with Gasteiger partial charge in [0.05, 0.1) is 5.69 Å². The Bertz CT molecular complexity index is 719. The minimum Gasteiger partial charge on any atom is -0.235 e. The average molecular weight is 297 g/mol. The molecule has 0 saturated heterocycles. The third-order valence-electron chi connectivity index (χ3n) is 2.28. The number of halogens is 1. The maximum Gasteiger partial charge on any atom is 0.158 e. The summed E-state index contributed by atoms with van der Waals surface area (Å²) in [5.74, 6) is 0. The zero-order valence-corrected chi connectivity index (χ0v) is 12.1. The van der Waals surface area contributed by atoms with Crippen LogP contribution in [0.25, 0.3) is 5.65 Å². The molecule has 92 valence electrons. The largest absolute Gasteiger partial charge is 0.235 e. The Balaban J connectivity index is 2.10. The van der Waals surface area contributed by atoms with Crippen LogP contribution >= 0.6 is 34.7 Å². The van der Waals surface area contributed by atoms with Crippen LogP contribution in [0.1, 0.15) is 11.4 Å². The summed E-state index contributed by atoms with van der Waals surface area (Å²) in [7, 11) is 0. The summed E-state index contributed by atoms with van der Waals surface area (Å²) >= 11 is 9.18. The number of rotatable bonds is 2. The molecule has 3 aromatic heterocycles. The number of hydrogen-bond acceptors (Lipinski definition) is 5. The highest BCUT2D eigenvalue weighted by atomic mass is 35.5. The molecular weight excluding hydrogens is 288 g/mol. The Morgan fingerprint density at radius 2 is 2.06 bits per heavy atom. The fourth-order valence-electron chi connectivity index (χ4n) is 1.57. The molecule has 3 rings (SSSR count). The van der Waals surface area contributed by atoms with E-state index in [1.807, 2.05) is 31.4 Å². The predicted octanol–water partition coefficient (Wildman–Crippen LogP) is 3.61. The van der Waals surface area contributed by atoms with Crippen LogP contribution in [-0.2, 0) is 0 Å². The first-order valence-electron chi connectivity index (χ1n) is 5.25. The van der Waals surface area contributed by atoms with Crippen LogP contribution in [0, 0.1) is 13.8 Å². The summed E-state index contributed by atoms with van der Waals surface area (Å²) in [6, 6.07) is 3.71. The first-order valence-corrected chi connectivity index (χ1v) is 7.32. The van der Waals surface area contributed by atoms with Crippen LogP contribution in [0.2, 0.25) is 5.15 Å². The highest BCUT2D eigenvalue weighted by Gasteiger charge is 2.10. The summed E-state index contributed by atoms with van der Waals surface area (Å²) in [6.45, 7) is 3.91. The van der Waals surface area contributed by atoms with Crippen molar-refractivity contribution < 1.29 is 0 Å². The minimum atomic E-state index is 0.471. The van der Waals surface area contributed by atoms with E-state index in [1.54, 1.807) is 27.6 Å². The molecule has 0 bridgehead atoms. The second-order valence-corrected chi connectivity index (χ2v) is 6.34. The van der Waals surface area contributed by atoms with Crippen molar-refractivity contribution in [3.05, 3.63) is 34.1 Å². The van der Waals surface area contributed by atoms with E-state index in [1.165, 1.54) is 0 Å². The number of nitrogens with zero attached hydrogens (tertiary/aromatic N) is 4. The third-order valence-corrected chi connectivity index (χ3v) is 4.53. The summed E-state index contributed by atoms with van der Waals surface area (Å²) in [4.78, 5) is 8.67. The first kappa shape index (κ1) is 12.0. The van der Waals surface area contributed by atoms with Crippen LogP contribution < -0.4 is 0 Å². The lowest BCUT2D eigenvalue weighted by Gasteiger charge is -2.02. The zero-order valence-electron chi connectivity index (χ0n) is 9.72. The molecule has 4 nitrogen and oxygen atoms in total. The van der Waals surface area contributed by atoms with Crippen molar-refractivity contribution in [3.63, 3.8) is 0 Å². The number of hydrogen-bond donors (Lipinski definition) is 0. The molecule has 18 heavy (non-hydrogen) atoms. The smallest absolute Gasteiger partial charge is 0.158 e. The van der Waals surface area contributed by atoms with E-state index >= 15 is 0 Å². The highest BCUT2D eigenvalue weighted by molar-refractivity contribution is 8.01. The molecule has 0 saturated carbocycles. The van der Waals surface area contributed by atoms with E-state index in [4.69, 9.17) is 11.6 Å². The van der Waals surface area contributed by atoms with Crippen molar-refractivity contribution in [1.82, 2.24) is 19.6 Å². The van der Waals surface area contributed by atoms with E-state index < -0.39 is 0 Å². The van der Waals surface area contributed by atoms with Crippen LogP contribution in [0.5, 0.6) is 0 Å². The van der Waals surface area contributed by atoms with Gasteiger partial charge >= 0.3 is 0 Å². The van der Waals surface area contributed by atoms with Crippen molar-refractivity contribution in [3.8, 4) is 0 Å². The van der Waals surface area contributed by atoms with Gasteiger partial charge in [0.25, 0.3) is 0 Å². The van der Waals surface area contributed by atoms with Crippen LogP contribution in [0.4, 0.5) is 0 Å². The fraction of sp³-hybridized carbons (Fsp3) is 0.182. The lowest BCUT2D eigenvalue weighted by Crippen LogP contribution is -1.95. The standard InChI is InChI=1S/C11H9ClN4S2/c1-6-3-9-14-8(12)4-10(16(9)15-6)18-11-13-7(2)5-17-11/h3-5H,1-2H3. The normalized spacial score (nSPS) is 11.3. The molecule has 0 spiro atoms. The maximum absolute atomic E-state index is 6.02. The molecule has 3 aromatic rings. The SMILES string of the molecule is Cc1csc(Sc2cc(Cl)nc3cc(C)nn23)n1. The molecule has 0 aliphatic carbocycles. The van der Waals surface area contributed by atoms with Crippen LogP contribution in [0.15, 0.2) is 26.9 Å². The van der Waals surface area contributed by atoms with Gasteiger partial charge in [-0.1, -0.05) is 11.6 Å². The van der Waals surface area contributed by atoms with E-state index in [9.17, 15) is 0 Å². The first-order chi connectivity index (χ1) is 8.61. The number of fused-ring (bicyclic) bond motifs is 1. The van der Waals surface area contributed by atoms with Crippen LogP contribution in [0.3, 0.4) is 0 Å². The van der Waals surface area contributed by atoms with E-state index in [-0.39, 0.29) is 0 Å². The number of thiazole rings is 1. The highest BCUT2D eigenvalue weighted by Crippen LogP contribution is 2.31. The molecule has 0 aliphatic rings. The Kier molecular flexibility index (Phi) is 3.01. The molecule has 0 aromatic carbocycles. The fourth-order valence-corrected chi connectivity index (χ4v) is 3.70. The summed E-state index contributed by atoms with van der Waals surface area (Å²) in [5, 5.41) is 7.83. The molecule has 3 heterocycles. The van der Waals surface area contributed by atoms with E-state index in [0.717, 1.165) is 26.4 Å². The van der Waals surface area contributed by atoms with Crippen molar-refractivity contribution in [2.45, 2.75) is 23.2 Å². The lowest BCUT2D eigenvalue weighted by molar-refractivity contribution is 0.829. The molecule has 0 unspecified atom stereocenters. The van der Waals surface area contributed by atoms with Gasteiger partial charge in [0.15, 0.2) is 9.99 Å². The van der Waals surface area contributed by atoms with Crippen molar-refractivity contribution in [1.29, 1.82) is 0 Å². The zero-order chi connectivity index (χ0) is 12.7. The van der Waals surface area contributed by atoms with Gasteiger partial charge in [-0.3, -0.25) is 0 Å². The molecule has 0 atom stereocenters. The second-order valence-electron chi connectivity index (χ2n) is 3.83. The number of aromatic nitrogens is 4. The maximum atomic E-state index is 6.02. The molecule has 0 N–H and O–H groups in total. The monoisotopic (exact) mass is 296 g/mol. The molecule has 0 fully saturated rings. The molecule has 0 radical (unpaired) electrons. The van der Waals surface area contributed by atoms with Gasteiger partial charge in [0.2, 0.25) is 0 Å². The Labute approximate surface area is 117 Å². The van der Waals surface area contributed by atoms with Gasteiger partial charge in [-0.15, -0.1) is 11.3 Å². The van der Waals surface area contributed by atoms with Crippen molar-refractivity contribution >= 4 is 40.3 Å². The van der Waals surface area contributed by atoms with E-state index in [0.29, 0.717) is 5.15 Å². The summed E-state index contributed by atoms with van der Waals surface area (Å²) < 4.78 is 2.77.